The summed E-state index contributed by atoms with van der Waals surface area (Å²) in [4.78, 5) is 39.5. The van der Waals surface area contributed by atoms with E-state index in [4.69, 9.17) is 5.41 Å². The lowest BCUT2D eigenvalue weighted by molar-refractivity contribution is -0.161. The summed E-state index contributed by atoms with van der Waals surface area (Å²) in [6, 6.07) is -0.905. The number of amides is 2. The molecule has 3 aliphatic rings. The number of aliphatic hydroxyl groups is 1. The molecule has 2 amide bonds. The number of hydrogen-bond acceptors (Lipinski definition) is 6. The smallest absolute Gasteiger partial charge is 0.353 e. The summed E-state index contributed by atoms with van der Waals surface area (Å²) in [5.41, 5.74) is -0.0994. The van der Waals surface area contributed by atoms with Crippen molar-refractivity contribution in [1.82, 2.24) is 14.1 Å². The number of carbonyl (C=O) groups is 3. The molecule has 3 aliphatic heterocycles. The lowest BCUT2D eigenvalue weighted by atomic mass is 9.83. The average molecular weight is 382 g/mol. The summed E-state index contributed by atoms with van der Waals surface area (Å²) in [5.74, 6) is -2.10. The van der Waals surface area contributed by atoms with Gasteiger partial charge in [-0.3, -0.25) is 19.3 Å². The minimum absolute atomic E-state index is 0.0994. The van der Waals surface area contributed by atoms with Gasteiger partial charge >= 0.3 is 5.97 Å². The fraction of sp³-hybridized carbons (Fsp3) is 0.625. The minimum atomic E-state index is -1.21. The van der Waals surface area contributed by atoms with Crippen LogP contribution in [-0.4, -0.2) is 80.2 Å². The van der Waals surface area contributed by atoms with E-state index in [0.717, 1.165) is 11.9 Å². The maximum Gasteiger partial charge on any atom is 0.353 e. The Morgan fingerprint density at radius 1 is 1.38 bits per heavy atom. The van der Waals surface area contributed by atoms with Crippen molar-refractivity contribution < 1.29 is 24.6 Å². The van der Waals surface area contributed by atoms with Crippen LogP contribution in [0.2, 0.25) is 0 Å². The number of aliphatic hydroxyl groups excluding tert-OH is 1. The molecule has 3 heterocycles. The van der Waals surface area contributed by atoms with Crippen LogP contribution in [0.15, 0.2) is 10.6 Å². The third-order valence-electron chi connectivity index (χ3n) is 5.03. The number of carbonyl (C=O) groups excluding carboxylic acids is 2. The molecule has 0 radical (unpaired) electrons. The van der Waals surface area contributed by atoms with Crippen LogP contribution < -0.4 is 0 Å². The van der Waals surface area contributed by atoms with Crippen molar-refractivity contribution >= 4 is 35.6 Å². The number of rotatable bonds is 5. The Morgan fingerprint density at radius 3 is 2.58 bits per heavy atom. The van der Waals surface area contributed by atoms with E-state index < -0.39 is 29.9 Å². The maximum absolute atomic E-state index is 12.4. The number of β-lactam (4-membered cyclic amide) rings is 1. The van der Waals surface area contributed by atoms with Gasteiger partial charge in [0.05, 0.1) is 18.1 Å². The molecule has 3 rings (SSSR count). The summed E-state index contributed by atoms with van der Waals surface area (Å²) in [6.07, 6.45) is 0.396. The molecule has 4 atom stereocenters. The Balaban J connectivity index is 1.86. The lowest BCUT2D eigenvalue weighted by Gasteiger charge is -2.44. The predicted molar refractivity (Wildman–Crippen MR) is 94.0 cm³/mol. The van der Waals surface area contributed by atoms with E-state index in [1.807, 2.05) is 0 Å². The quantitative estimate of drug-likeness (QED) is 0.454. The fourth-order valence-corrected chi connectivity index (χ4v) is 5.04. The molecule has 26 heavy (non-hydrogen) atoms. The standard InChI is InChI=1S/C16H22N4O5S/c1-7(21)12-9-6-10(13(16(24)25)19(9)15(12)23)26-20-8(4-5-11(20)17)14(22)18(2)3/h7-9,12,17,21H,4-6H2,1-3H3,(H,24,25)/t7-,8+,9-,12-/m1/s1. The van der Waals surface area contributed by atoms with Gasteiger partial charge in [-0.15, -0.1) is 0 Å². The molecule has 3 N–H and O–H groups in total. The van der Waals surface area contributed by atoms with Gasteiger partial charge in [-0.2, -0.15) is 0 Å². The Labute approximate surface area is 155 Å². The van der Waals surface area contributed by atoms with Crippen LogP contribution >= 0.6 is 11.9 Å². The summed E-state index contributed by atoms with van der Waals surface area (Å²) in [7, 11) is 3.28. The maximum atomic E-state index is 12.4. The number of fused-ring (bicyclic) bond motifs is 1. The number of nitrogens with one attached hydrogen (secondary N) is 1. The highest BCUT2D eigenvalue weighted by molar-refractivity contribution is 8.01. The Hall–Kier alpha value is -2.07. The molecule has 0 unspecified atom stereocenters. The first-order valence-corrected chi connectivity index (χ1v) is 9.15. The van der Waals surface area contributed by atoms with Crippen molar-refractivity contribution in [2.75, 3.05) is 14.1 Å². The molecule has 0 saturated carbocycles. The minimum Gasteiger partial charge on any atom is -0.477 e. The van der Waals surface area contributed by atoms with Gasteiger partial charge in [-0.05, 0) is 25.3 Å². The molecule has 0 aromatic carbocycles. The van der Waals surface area contributed by atoms with Crippen molar-refractivity contribution in [2.45, 2.75) is 44.4 Å². The Bertz CT molecular complexity index is 719. The van der Waals surface area contributed by atoms with Crippen LogP contribution in [0, 0.1) is 11.3 Å². The van der Waals surface area contributed by atoms with E-state index in [9.17, 15) is 24.6 Å². The van der Waals surface area contributed by atoms with Gasteiger partial charge in [-0.25, -0.2) is 4.79 Å². The van der Waals surface area contributed by atoms with Crippen molar-refractivity contribution in [3.63, 3.8) is 0 Å². The number of nitrogens with zero attached hydrogens (tertiary/aromatic N) is 3. The van der Waals surface area contributed by atoms with Crippen LogP contribution in [0.4, 0.5) is 0 Å². The normalized spacial score (nSPS) is 29.0. The summed E-state index contributed by atoms with van der Waals surface area (Å²) < 4.78 is 1.55. The number of carboxylic acid groups (broad SMARTS) is 1. The third kappa shape index (κ3) is 2.77. The first kappa shape index (κ1) is 18.7. The number of carboxylic acids is 1. The zero-order chi connectivity index (χ0) is 19.3. The second-order valence-corrected chi connectivity index (χ2v) is 8.04. The monoisotopic (exact) mass is 382 g/mol. The zero-order valence-electron chi connectivity index (χ0n) is 14.8. The van der Waals surface area contributed by atoms with Gasteiger partial charge < -0.3 is 20.0 Å². The van der Waals surface area contributed by atoms with E-state index in [2.05, 4.69) is 0 Å². The van der Waals surface area contributed by atoms with Gasteiger partial charge in [0, 0.05) is 31.8 Å². The van der Waals surface area contributed by atoms with Crippen molar-refractivity contribution in [2.24, 2.45) is 5.92 Å². The molecular weight excluding hydrogens is 360 g/mol. The second kappa shape index (κ2) is 6.58. The van der Waals surface area contributed by atoms with Gasteiger partial charge in [-0.1, -0.05) is 0 Å². The first-order chi connectivity index (χ1) is 12.1. The molecule has 2 fully saturated rings. The van der Waals surface area contributed by atoms with E-state index in [1.165, 1.54) is 16.7 Å². The summed E-state index contributed by atoms with van der Waals surface area (Å²) in [5, 5.41) is 27.5. The largest absolute Gasteiger partial charge is 0.477 e. The van der Waals surface area contributed by atoms with Gasteiger partial charge in [0.1, 0.15) is 17.6 Å². The molecule has 0 aliphatic carbocycles. The fourth-order valence-electron chi connectivity index (χ4n) is 3.76. The second-order valence-electron chi connectivity index (χ2n) is 6.97. The lowest BCUT2D eigenvalue weighted by Crippen LogP contribution is -2.61. The Kier molecular flexibility index (Phi) is 4.74. The number of amidine groups is 1. The van der Waals surface area contributed by atoms with E-state index >= 15 is 0 Å². The zero-order valence-corrected chi connectivity index (χ0v) is 15.6. The van der Waals surface area contributed by atoms with Crippen molar-refractivity contribution in [1.29, 1.82) is 5.41 Å². The Morgan fingerprint density at radius 2 is 2.04 bits per heavy atom. The van der Waals surface area contributed by atoms with E-state index in [1.54, 1.807) is 18.4 Å². The first-order valence-electron chi connectivity index (χ1n) is 8.38. The molecule has 0 aromatic rings. The molecular formula is C16H22N4O5S. The number of hydrogen-bond donors (Lipinski definition) is 3. The SMILES string of the molecule is C[C@@H](O)[C@H]1C(=O)N2C(C(=O)O)=C(SN3C(=N)CC[C@H]3C(=O)N(C)C)C[C@H]12. The molecule has 0 aromatic heterocycles. The van der Waals surface area contributed by atoms with Crippen LogP contribution in [0.3, 0.4) is 0 Å². The highest BCUT2D eigenvalue weighted by Gasteiger charge is 2.57. The van der Waals surface area contributed by atoms with Crippen molar-refractivity contribution in [3.05, 3.63) is 10.6 Å². The third-order valence-corrected chi connectivity index (χ3v) is 6.28. The van der Waals surface area contributed by atoms with Crippen LogP contribution in [0.25, 0.3) is 0 Å². The summed E-state index contributed by atoms with van der Waals surface area (Å²) in [6.45, 7) is 1.52. The number of aliphatic carboxylic acids is 1. The van der Waals surface area contributed by atoms with Crippen molar-refractivity contribution in [3.8, 4) is 0 Å². The van der Waals surface area contributed by atoms with E-state index in [0.29, 0.717) is 24.2 Å². The molecule has 142 valence electrons. The topological polar surface area (TPSA) is 125 Å². The highest BCUT2D eigenvalue weighted by Crippen LogP contribution is 2.48. The molecule has 0 spiro atoms. The molecule has 2 saturated heterocycles. The summed E-state index contributed by atoms with van der Waals surface area (Å²) >= 11 is 1.06. The molecule has 0 bridgehead atoms. The number of likely N-dealkylation sites (N-methyl/N-ethyl adjacent to an activating group) is 1. The van der Waals surface area contributed by atoms with Crippen LogP contribution in [0.1, 0.15) is 26.2 Å². The highest BCUT2D eigenvalue weighted by atomic mass is 32.2. The van der Waals surface area contributed by atoms with Crippen LogP contribution in [0.5, 0.6) is 0 Å². The predicted octanol–water partition coefficient (Wildman–Crippen LogP) is 0.0722. The van der Waals surface area contributed by atoms with Crippen LogP contribution in [-0.2, 0) is 14.4 Å². The van der Waals surface area contributed by atoms with Gasteiger partial charge in [0.25, 0.3) is 0 Å². The average Bonchev–Trinajstić information content (AvgIpc) is 3.05. The van der Waals surface area contributed by atoms with E-state index in [-0.39, 0.29) is 23.5 Å². The van der Waals surface area contributed by atoms with Gasteiger partial charge in [0.2, 0.25) is 11.8 Å². The molecule has 9 nitrogen and oxygen atoms in total. The molecule has 10 heteroatoms. The van der Waals surface area contributed by atoms with Gasteiger partial charge in [0.15, 0.2) is 0 Å².